The van der Waals surface area contributed by atoms with Crippen LogP contribution in [0.25, 0.3) is 10.2 Å². The molecule has 1 aliphatic rings. The van der Waals surface area contributed by atoms with E-state index in [0.29, 0.717) is 6.42 Å². The van der Waals surface area contributed by atoms with Gasteiger partial charge in [0.15, 0.2) is 0 Å². The summed E-state index contributed by atoms with van der Waals surface area (Å²) >= 11 is 1.71. The van der Waals surface area contributed by atoms with Gasteiger partial charge in [-0.1, -0.05) is 12.1 Å². The summed E-state index contributed by atoms with van der Waals surface area (Å²) in [5.74, 6) is 1.98. The van der Waals surface area contributed by atoms with Gasteiger partial charge in [-0.15, -0.1) is 11.3 Å². The minimum Gasteiger partial charge on any atom is -0.497 e. The van der Waals surface area contributed by atoms with Crippen molar-refractivity contribution in [3.05, 3.63) is 47.1 Å². The van der Waals surface area contributed by atoms with Crippen molar-refractivity contribution in [1.29, 1.82) is 0 Å². The molecule has 0 bridgehead atoms. The molecule has 3 aromatic rings. The normalized spacial score (nSPS) is 14.9. The average molecular weight is 411 g/mol. The fraction of sp³-hybridized carbons (Fsp3) is 0.409. The lowest BCUT2D eigenvalue weighted by Crippen LogP contribution is -2.45. The zero-order chi connectivity index (χ0) is 20.2. The molecule has 0 unspecified atom stereocenters. The number of rotatable bonds is 6. The van der Waals surface area contributed by atoms with Gasteiger partial charge in [0.1, 0.15) is 17.9 Å². The highest BCUT2D eigenvalue weighted by Crippen LogP contribution is 2.32. The number of hydrogen-bond acceptors (Lipinski definition) is 6. The third kappa shape index (κ3) is 4.50. The van der Waals surface area contributed by atoms with E-state index < -0.39 is 0 Å². The number of anilines is 1. The second-order valence-electron chi connectivity index (χ2n) is 7.47. The molecule has 4 rings (SSSR count). The molecule has 0 aliphatic carbocycles. The first-order valence-electron chi connectivity index (χ1n) is 10.00. The van der Waals surface area contributed by atoms with Gasteiger partial charge in [-0.05, 0) is 54.8 Å². The Morgan fingerprint density at radius 3 is 2.72 bits per heavy atom. The molecule has 1 N–H and O–H groups in total. The fourth-order valence-corrected chi connectivity index (χ4v) is 4.79. The molecule has 1 amide bonds. The molecule has 7 heteroatoms. The lowest BCUT2D eigenvalue weighted by molar-refractivity contribution is -0.121. The van der Waals surface area contributed by atoms with E-state index in [2.05, 4.69) is 32.5 Å². The number of aryl methyl sites for hydroxylation is 2. The summed E-state index contributed by atoms with van der Waals surface area (Å²) in [5.41, 5.74) is 3.40. The van der Waals surface area contributed by atoms with Gasteiger partial charge in [-0.3, -0.25) is 4.79 Å². The van der Waals surface area contributed by atoms with Crippen LogP contribution in [-0.2, 0) is 11.2 Å². The number of benzene rings is 1. The number of hydrogen-bond donors (Lipinski definition) is 1. The first kappa shape index (κ1) is 19.6. The monoisotopic (exact) mass is 410 g/mol. The third-order valence-electron chi connectivity index (χ3n) is 5.47. The van der Waals surface area contributed by atoms with E-state index in [4.69, 9.17) is 4.74 Å². The predicted molar refractivity (Wildman–Crippen MR) is 117 cm³/mol. The molecule has 1 aliphatic heterocycles. The zero-order valence-electron chi connectivity index (χ0n) is 16.9. The minimum absolute atomic E-state index is 0.123. The molecule has 6 nitrogen and oxygen atoms in total. The van der Waals surface area contributed by atoms with Gasteiger partial charge >= 0.3 is 0 Å². The van der Waals surface area contributed by atoms with Gasteiger partial charge in [0.05, 0.1) is 17.3 Å². The molecule has 3 heterocycles. The van der Waals surface area contributed by atoms with Crippen molar-refractivity contribution in [2.75, 3.05) is 25.1 Å². The van der Waals surface area contributed by atoms with Gasteiger partial charge in [-0.25, -0.2) is 9.97 Å². The number of nitrogens with one attached hydrogen (secondary N) is 1. The maximum Gasteiger partial charge on any atom is 0.220 e. The number of fused-ring (bicyclic) bond motifs is 1. The number of carbonyl (C=O) groups excluding carboxylic acids is 1. The predicted octanol–water partition coefficient (Wildman–Crippen LogP) is 3.73. The van der Waals surface area contributed by atoms with Crippen LogP contribution < -0.4 is 15.0 Å². The number of carbonyl (C=O) groups is 1. The van der Waals surface area contributed by atoms with Crippen LogP contribution in [0.3, 0.4) is 0 Å². The standard InChI is InChI=1S/C22H26N4O2S/c1-15-13-29-21-20(15)23-14-24-22(21)26-11-9-17(10-12-26)25-19(27)8-5-16-3-6-18(28-2)7-4-16/h3-4,6-7,13-14,17H,5,8-12H2,1-2H3,(H,25,27). The number of aromatic nitrogens is 2. The summed E-state index contributed by atoms with van der Waals surface area (Å²) < 4.78 is 6.33. The van der Waals surface area contributed by atoms with Crippen LogP contribution in [0.1, 0.15) is 30.4 Å². The highest BCUT2D eigenvalue weighted by molar-refractivity contribution is 7.18. The summed E-state index contributed by atoms with van der Waals surface area (Å²) in [6, 6.07) is 8.13. The Hall–Kier alpha value is -2.67. The van der Waals surface area contributed by atoms with E-state index in [1.807, 2.05) is 24.3 Å². The van der Waals surface area contributed by atoms with Crippen molar-refractivity contribution < 1.29 is 9.53 Å². The lowest BCUT2D eigenvalue weighted by atomic mass is 10.0. The number of ether oxygens (including phenoxy) is 1. The number of amides is 1. The maximum absolute atomic E-state index is 12.4. The van der Waals surface area contributed by atoms with Crippen LogP contribution in [0.5, 0.6) is 5.75 Å². The first-order chi connectivity index (χ1) is 14.1. The molecule has 0 spiro atoms. The molecule has 1 saturated heterocycles. The second kappa shape index (κ2) is 8.78. The van der Waals surface area contributed by atoms with E-state index in [9.17, 15) is 4.79 Å². The Morgan fingerprint density at radius 2 is 2.00 bits per heavy atom. The molecular weight excluding hydrogens is 384 g/mol. The number of piperidine rings is 1. The van der Waals surface area contributed by atoms with E-state index in [1.54, 1.807) is 24.8 Å². The SMILES string of the molecule is COc1ccc(CCC(=O)NC2CCN(c3ncnc4c(C)csc34)CC2)cc1. The molecule has 1 aromatic carbocycles. The van der Waals surface area contributed by atoms with E-state index in [0.717, 1.165) is 59.7 Å². The van der Waals surface area contributed by atoms with Crippen LogP contribution >= 0.6 is 11.3 Å². The average Bonchev–Trinajstić information content (AvgIpc) is 3.14. The molecule has 0 atom stereocenters. The van der Waals surface area contributed by atoms with Crippen LogP contribution in [0, 0.1) is 6.92 Å². The topological polar surface area (TPSA) is 67.3 Å². The molecule has 152 valence electrons. The maximum atomic E-state index is 12.4. The van der Waals surface area contributed by atoms with E-state index in [1.165, 1.54) is 5.56 Å². The first-order valence-corrected chi connectivity index (χ1v) is 10.9. The second-order valence-corrected chi connectivity index (χ2v) is 8.35. The quantitative estimate of drug-likeness (QED) is 0.671. The van der Waals surface area contributed by atoms with Gasteiger partial charge in [0, 0.05) is 25.6 Å². The minimum atomic E-state index is 0.123. The summed E-state index contributed by atoms with van der Waals surface area (Å²) in [4.78, 5) is 23.6. The van der Waals surface area contributed by atoms with Crippen LogP contribution in [-0.4, -0.2) is 42.1 Å². The van der Waals surface area contributed by atoms with Crippen LogP contribution in [0.4, 0.5) is 5.82 Å². The van der Waals surface area contributed by atoms with Gasteiger partial charge in [-0.2, -0.15) is 0 Å². The van der Waals surface area contributed by atoms with E-state index >= 15 is 0 Å². The number of thiophene rings is 1. The summed E-state index contributed by atoms with van der Waals surface area (Å²) in [6.45, 7) is 3.88. The summed E-state index contributed by atoms with van der Waals surface area (Å²) in [7, 11) is 1.66. The molecular formula is C22H26N4O2S. The Morgan fingerprint density at radius 1 is 1.24 bits per heavy atom. The molecule has 0 saturated carbocycles. The molecule has 29 heavy (non-hydrogen) atoms. The lowest BCUT2D eigenvalue weighted by Gasteiger charge is -2.33. The Labute approximate surface area is 174 Å². The Balaban J connectivity index is 1.27. The molecule has 0 radical (unpaired) electrons. The molecule has 1 fully saturated rings. The Kier molecular flexibility index (Phi) is 5.94. The van der Waals surface area contributed by atoms with Crippen molar-refractivity contribution in [3.8, 4) is 5.75 Å². The van der Waals surface area contributed by atoms with Crippen molar-refractivity contribution in [2.24, 2.45) is 0 Å². The van der Waals surface area contributed by atoms with Crippen molar-refractivity contribution in [1.82, 2.24) is 15.3 Å². The number of methoxy groups -OCH3 is 1. The van der Waals surface area contributed by atoms with Gasteiger partial charge < -0.3 is 15.0 Å². The summed E-state index contributed by atoms with van der Waals surface area (Å²) in [6.07, 6.45) is 4.78. The van der Waals surface area contributed by atoms with Crippen molar-refractivity contribution >= 4 is 33.3 Å². The summed E-state index contributed by atoms with van der Waals surface area (Å²) in [5, 5.41) is 5.34. The fourth-order valence-electron chi connectivity index (χ4n) is 3.77. The molecule has 2 aromatic heterocycles. The van der Waals surface area contributed by atoms with Crippen LogP contribution in [0.15, 0.2) is 36.0 Å². The van der Waals surface area contributed by atoms with Gasteiger partial charge in [0.25, 0.3) is 0 Å². The van der Waals surface area contributed by atoms with E-state index in [-0.39, 0.29) is 11.9 Å². The Bertz CT molecular complexity index is 978. The largest absolute Gasteiger partial charge is 0.497 e. The number of nitrogens with zero attached hydrogens (tertiary/aromatic N) is 3. The van der Waals surface area contributed by atoms with Crippen LogP contribution in [0.2, 0.25) is 0 Å². The van der Waals surface area contributed by atoms with Crippen molar-refractivity contribution in [2.45, 2.75) is 38.6 Å². The van der Waals surface area contributed by atoms with Crippen molar-refractivity contribution in [3.63, 3.8) is 0 Å². The zero-order valence-corrected chi connectivity index (χ0v) is 17.7. The smallest absolute Gasteiger partial charge is 0.220 e. The highest BCUT2D eigenvalue weighted by atomic mass is 32.1. The van der Waals surface area contributed by atoms with Gasteiger partial charge in [0.2, 0.25) is 5.91 Å². The highest BCUT2D eigenvalue weighted by Gasteiger charge is 2.23. The third-order valence-corrected chi connectivity index (χ3v) is 6.55.